The maximum absolute atomic E-state index is 13.6. The number of alkyl halides is 1. The van der Waals surface area contributed by atoms with Gasteiger partial charge in [-0.1, -0.05) is 27.2 Å². The standard InChI is InChI=1S/C10H21F/c1-6-8-10(5,7-2)9(3,4)11/h6-8H2,1-5H3. The average molecular weight is 160 g/mol. The molecule has 0 aromatic rings. The molecule has 1 unspecified atom stereocenters. The van der Waals surface area contributed by atoms with Crippen molar-refractivity contribution in [2.24, 2.45) is 5.41 Å². The van der Waals surface area contributed by atoms with E-state index in [1.54, 1.807) is 13.8 Å². The zero-order chi connectivity index (χ0) is 9.12. The largest absolute Gasteiger partial charge is 0.244 e. The summed E-state index contributed by atoms with van der Waals surface area (Å²) in [6.45, 7) is 9.59. The summed E-state index contributed by atoms with van der Waals surface area (Å²) in [7, 11) is 0. The first-order chi connectivity index (χ1) is 4.87. The molecular formula is C10H21F. The summed E-state index contributed by atoms with van der Waals surface area (Å²) in [6.07, 6.45) is 2.97. The topological polar surface area (TPSA) is 0 Å². The predicted molar refractivity (Wildman–Crippen MR) is 48.5 cm³/mol. The first kappa shape index (κ1) is 10.9. The van der Waals surface area contributed by atoms with E-state index in [1.807, 2.05) is 6.92 Å². The second-order valence-corrected chi connectivity index (χ2v) is 4.14. The number of rotatable bonds is 4. The molecule has 0 rings (SSSR count). The fourth-order valence-corrected chi connectivity index (χ4v) is 1.45. The van der Waals surface area contributed by atoms with Crippen LogP contribution in [0.2, 0.25) is 0 Å². The second kappa shape index (κ2) is 3.55. The van der Waals surface area contributed by atoms with E-state index < -0.39 is 5.67 Å². The van der Waals surface area contributed by atoms with Gasteiger partial charge in [0.1, 0.15) is 5.67 Å². The van der Waals surface area contributed by atoms with Crippen molar-refractivity contribution in [3.05, 3.63) is 0 Å². The molecule has 0 aromatic heterocycles. The van der Waals surface area contributed by atoms with E-state index in [1.165, 1.54) is 0 Å². The molecule has 0 spiro atoms. The van der Waals surface area contributed by atoms with Gasteiger partial charge in [-0.3, -0.25) is 0 Å². The smallest absolute Gasteiger partial charge is 0.110 e. The van der Waals surface area contributed by atoms with Crippen LogP contribution in [0.5, 0.6) is 0 Å². The quantitative estimate of drug-likeness (QED) is 0.584. The van der Waals surface area contributed by atoms with Gasteiger partial charge in [0.25, 0.3) is 0 Å². The molecule has 0 aliphatic heterocycles. The van der Waals surface area contributed by atoms with Crippen LogP contribution in [0.1, 0.15) is 53.9 Å². The van der Waals surface area contributed by atoms with Crippen LogP contribution in [-0.2, 0) is 0 Å². The van der Waals surface area contributed by atoms with E-state index in [4.69, 9.17) is 0 Å². The maximum atomic E-state index is 13.6. The molecule has 0 N–H and O–H groups in total. The third kappa shape index (κ3) is 2.46. The minimum atomic E-state index is -1.04. The van der Waals surface area contributed by atoms with Gasteiger partial charge < -0.3 is 0 Å². The molecule has 11 heavy (non-hydrogen) atoms. The van der Waals surface area contributed by atoms with E-state index in [0.717, 1.165) is 19.3 Å². The number of halogens is 1. The third-order valence-electron chi connectivity index (χ3n) is 3.02. The zero-order valence-electron chi connectivity index (χ0n) is 8.50. The van der Waals surface area contributed by atoms with Crippen LogP contribution in [0.4, 0.5) is 4.39 Å². The summed E-state index contributed by atoms with van der Waals surface area (Å²) in [6, 6.07) is 0. The Bertz CT molecular complexity index is 113. The summed E-state index contributed by atoms with van der Waals surface area (Å²) in [5, 5.41) is 0. The van der Waals surface area contributed by atoms with Gasteiger partial charge in [0, 0.05) is 5.41 Å². The van der Waals surface area contributed by atoms with Gasteiger partial charge in [0.05, 0.1) is 0 Å². The highest BCUT2D eigenvalue weighted by Gasteiger charge is 2.38. The lowest BCUT2D eigenvalue weighted by molar-refractivity contribution is 0.0254. The van der Waals surface area contributed by atoms with Gasteiger partial charge in [-0.05, 0) is 26.7 Å². The molecule has 0 aliphatic carbocycles. The molecule has 1 heteroatoms. The van der Waals surface area contributed by atoms with Crippen LogP contribution in [0.15, 0.2) is 0 Å². The highest BCUT2D eigenvalue weighted by Crippen LogP contribution is 2.41. The number of hydrogen-bond donors (Lipinski definition) is 0. The third-order valence-corrected chi connectivity index (χ3v) is 3.02. The van der Waals surface area contributed by atoms with Gasteiger partial charge >= 0.3 is 0 Å². The Labute approximate surface area is 70.2 Å². The van der Waals surface area contributed by atoms with Crippen LogP contribution < -0.4 is 0 Å². The van der Waals surface area contributed by atoms with E-state index >= 15 is 0 Å². The van der Waals surface area contributed by atoms with Crippen molar-refractivity contribution in [2.75, 3.05) is 0 Å². The van der Waals surface area contributed by atoms with Gasteiger partial charge in [-0.2, -0.15) is 0 Å². The lowest BCUT2D eigenvalue weighted by atomic mass is 9.71. The molecule has 0 radical (unpaired) electrons. The van der Waals surface area contributed by atoms with Crippen LogP contribution in [0, 0.1) is 5.41 Å². The van der Waals surface area contributed by atoms with Gasteiger partial charge in [0.2, 0.25) is 0 Å². The van der Waals surface area contributed by atoms with E-state index in [9.17, 15) is 4.39 Å². The molecule has 0 aromatic carbocycles. The van der Waals surface area contributed by atoms with Crippen molar-refractivity contribution in [2.45, 2.75) is 59.5 Å². The van der Waals surface area contributed by atoms with Crippen molar-refractivity contribution in [3.8, 4) is 0 Å². The Balaban J connectivity index is 4.33. The molecule has 1 atom stereocenters. The lowest BCUT2D eigenvalue weighted by Gasteiger charge is -2.37. The molecule has 0 amide bonds. The Kier molecular flexibility index (Phi) is 3.53. The van der Waals surface area contributed by atoms with Crippen LogP contribution in [-0.4, -0.2) is 5.67 Å². The summed E-state index contributed by atoms with van der Waals surface area (Å²) in [4.78, 5) is 0. The fraction of sp³-hybridized carbons (Fsp3) is 1.00. The van der Waals surface area contributed by atoms with Crippen molar-refractivity contribution in [1.82, 2.24) is 0 Å². The average Bonchev–Trinajstić information content (AvgIpc) is 1.86. The Morgan fingerprint density at radius 1 is 1.09 bits per heavy atom. The molecule has 0 saturated heterocycles. The zero-order valence-corrected chi connectivity index (χ0v) is 8.50. The molecule has 68 valence electrons. The second-order valence-electron chi connectivity index (χ2n) is 4.14. The van der Waals surface area contributed by atoms with Crippen molar-refractivity contribution >= 4 is 0 Å². The highest BCUT2D eigenvalue weighted by atomic mass is 19.1. The first-order valence-electron chi connectivity index (χ1n) is 4.56. The summed E-state index contributed by atoms with van der Waals surface area (Å²) in [5.41, 5.74) is -1.18. The molecule has 0 heterocycles. The van der Waals surface area contributed by atoms with Crippen LogP contribution in [0.3, 0.4) is 0 Å². The SMILES string of the molecule is CCCC(C)(CC)C(C)(C)F. The van der Waals surface area contributed by atoms with Gasteiger partial charge in [0.15, 0.2) is 0 Å². The van der Waals surface area contributed by atoms with E-state index in [0.29, 0.717) is 0 Å². The molecule has 0 aliphatic rings. The van der Waals surface area contributed by atoms with Crippen LogP contribution >= 0.6 is 0 Å². The van der Waals surface area contributed by atoms with Crippen molar-refractivity contribution in [1.29, 1.82) is 0 Å². The van der Waals surface area contributed by atoms with Crippen LogP contribution in [0.25, 0.3) is 0 Å². The Hall–Kier alpha value is -0.0700. The molecule has 0 fully saturated rings. The minimum Gasteiger partial charge on any atom is -0.244 e. The van der Waals surface area contributed by atoms with E-state index in [-0.39, 0.29) is 5.41 Å². The fourth-order valence-electron chi connectivity index (χ4n) is 1.45. The highest BCUT2D eigenvalue weighted by molar-refractivity contribution is 4.88. The molecule has 0 saturated carbocycles. The summed E-state index contributed by atoms with van der Waals surface area (Å²) in [5.74, 6) is 0. The van der Waals surface area contributed by atoms with E-state index in [2.05, 4.69) is 13.8 Å². The predicted octanol–water partition coefficient (Wildman–Crippen LogP) is 3.95. The molecular weight excluding hydrogens is 139 g/mol. The summed E-state index contributed by atoms with van der Waals surface area (Å²) >= 11 is 0. The lowest BCUT2D eigenvalue weighted by Crippen LogP contribution is -2.36. The number of hydrogen-bond acceptors (Lipinski definition) is 0. The van der Waals surface area contributed by atoms with Crippen molar-refractivity contribution < 1.29 is 4.39 Å². The molecule has 0 nitrogen and oxygen atoms in total. The van der Waals surface area contributed by atoms with Gasteiger partial charge in [-0.25, -0.2) is 4.39 Å². The summed E-state index contributed by atoms with van der Waals surface area (Å²) < 4.78 is 13.6. The Morgan fingerprint density at radius 3 is 1.64 bits per heavy atom. The monoisotopic (exact) mass is 160 g/mol. The minimum absolute atomic E-state index is 0.137. The van der Waals surface area contributed by atoms with Gasteiger partial charge in [-0.15, -0.1) is 0 Å². The normalized spacial score (nSPS) is 18.0. The maximum Gasteiger partial charge on any atom is 0.110 e. The molecule has 0 bridgehead atoms. The first-order valence-corrected chi connectivity index (χ1v) is 4.56. The Morgan fingerprint density at radius 2 is 1.55 bits per heavy atom. The van der Waals surface area contributed by atoms with Crippen molar-refractivity contribution in [3.63, 3.8) is 0 Å².